The number of benzene rings is 1. The molecule has 2 unspecified atom stereocenters. The van der Waals surface area contributed by atoms with Gasteiger partial charge in [0.25, 0.3) is 0 Å². The third-order valence-electron chi connectivity index (χ3n) is 3.55. The Labute approximate surface area is 116 Å². The van der Waals surface area contributed by atoms with Crippen LogP contribution < -0.4 is 16.0 Å². The van der Waals surface area contributed by atoms with Gasteiger partial charge < -0.3 is 9.47 Å². The summed E-state index contributed by atoms with van der Waals surface area (Å²) in [4.78, 5) is 0. The van der Waals surface area contributed by atoms with Gasteiger partial charge in [0.05, 0.1) is 19.3 Å². The monoisotopic (exact) mass is 266 g/mol. The fourth-order valence-corrected chi connectivity index (χ4v) is 2.47. The Morgan fingerprint density at radius 2 is 1.89 bits per heavy atom. The standard InChI is InChI=1S/C15H26N2O2/c1-6-7-13(18-4)15(17-16)12-8-11(3)14(19-5)9-10(12)2/h8-9,13,15,17H,6-7,16H2,1-5H3. The van der Waals surface area contributed by atoms with Crippen molar-refractivity contribution in [1.29, 1.82) is 0 Å². The van der Waals surface area contributed by atoms with Crippen molar-refractivity contribution in [3.05, 3.63) is 28.8 Å². The van der Waals surface area contributed by atoms with Gasteiger partial charge >= 0.3 is 0 Å². The first-order chi connectivity index (χ1) is 9.08. The van der Waals surface area contributed by atoms with Crippen LogP contribution in [0.2, 0.25) is 0 Å². The lowest BCUT2D eigenvalue weighted by molar-refractivity contribution is 0.0604. The van der Waals surface area contributed by atoms with E-state index in [4.69, 9.17) is 15.3 Å². The van der Waals surface area contributed by atoms with Crippen molar-refractivity contribution >= 4 is 0 Å². The summed E-state index contributed by atoms with van der Waals surface area (Å²) in [7, 11) is 3.42. The van der Waals surface area contributed by atoms with Gasteiger partial charge in [-0.1, -0.05) is 19.4 Å². The number of aryl methyl sites for hydroxylation is 2. The van der Waals surface area contributed by atoms with E-state index in [1.54, 1.807) is 14.2 Å². The second-order valence-corrected chi connectivity index (χ2v) is 4.89. The summed E-state index contributed by atoms with van der Waals surface area (Å²) in [5, 5.41) is 0. The first-order valence-electron chi connectivity index (χ1n) is 6.73. The van der Waals surface area contributed by atoms with Gasteiger partial charge in [0.15, 0.2) is 0 Å². The molecule has 0 aliphatic carbocycles. The zero-order chi connectivity index (χ0) is 14.4. The largest absolute Gasteiger partial charge is 0.496 e. The predicted molar refractivity (Wildman–Crippen MR) is 78.2 cm³/mol. The number of hydrazine groups is 1. The smallest absolute Gasteiger partial charge is 0.122 e. The Morgan fingerprint density at radius 3 is 2.37 bits per heavy atom. The van der Waals surface area contributed by atoms with Crippen molar-refractivity contribution in [2.24, 2.45) is 5.84 Å². The molecule has 0 saturated heterocycles. The van der Waals surface area contributed by atoms with Crippen molar-refractivity contribution in [2.45, 2.75) is 45.8 Å². The molecule has 4 nitrogen and oxygen atoms in total. The quantitative estimate of drug-likeness (QED) is 0.588. The van der Waals surface area contributed by atoms with E-state index in [2.05, 4.69) is 25.3 Å². The van der Waals surface area contributed by atoms with Crippen molar-refractivity contribution < 1.29 is 9.47 Å². The first-order valence-corrected chi connectivity index (χ1v) is 6.73. The van der Waals surface area contributed by atoms with E-state index in [9.17, 15) is 0 Å². The molecule has 19 heavy (non-hydrogen) atoms. The molecule has 1 aromatic carbocycles. The molecular weight excluding hydrogens is 240 g/mol. The Hall–Kier alpha value is -1.10. The maximum Gasteiger partial charge on any atom is 0.122 e. The minimum absolute atomic E-state index is 0.00504. The van der Waals surface area contributed by atoms with Gasteiger partial charge in [-0.2, -0.15) is 0 Å². The number of nitrogens with two attached hydrogens (primary N) is 1. The van der Waals surface area contributed by atoms with E-state index < -0.39 is 0 Å². The van der Waals surface area contributed by atoms with Crippen molar-refractivity contribution in [3.63, 3.8) is 0 Å². The fraction of sp³-hybridized carbons (Fsp3) is 0.600. The number of nitrogens with one attached hydrogen (secondary N) is 1. The average molecular weight is 266 g/mol. The van der Waals surface area contributed by atoms with Gasteiger partial charge in [-0.05, 0) is 43.0 Å². The second-order valence-electron chi connectivity index (χ2n) is 4.89. The summed E-state index contributed by atoms with van der Waals surface area (Å²) >= 11 is 0. The summed E-state index contributed by atoms with van der Waals surface area (Å²) in [6, 6.07) is 4.17. The molecule has 0 aromatic heterocycles. The molecule has 0 radical (unpaired) electrons. The molecule has 0 bridgehead atoms. The molecule has 0 aliphatic heterocycles. The topological polar surface area (TPSA) is 56.5 Å². The van der Waals surface area contributed by atoms with E-state index >= 15 is 0 Å². The maximum absolute atomic E-state index is 5.74. The molecule has 4 heteroatoms. The summed E-state index contributed by atoms with van der Waals surface area (Å²) < 4.78 is 10.9. The van der Waals surface area contributed by atoms with E-state index in [-0.39, 0.29) is 12.1 Å². The minimum Gasteiger partial charge on any atom is -0.496 e. The molecule has 0 fully saturated rings. The van der Waals surface area contributed by atoms with Gasteiger partial charge in [0.2, 0.25) is 0 Å². The average Bonchev–Trinajstić information content (AvgIpc) is 2.41. The molecule has 3 N–H and O–H groups in total. The molecule has 0 spiro atoms. The number of rotatable bonds is 7. The van der Waals surface area contributed by atoms with Crippen LogP contribution >= 0.6 is 0 Å². The summed E-state index contributed by atoms with van der Waals surface area (Å²) in [5.41, 5.74) is 6.32. The molecule has 0 saturated carbocycles. The van der Waals surface area contributed by atoms with E-state index in [1.165, 1.54) is 5.56 Å². The lowest BCUT2D eigenvalue weighted by Gasteiger charge is -2.27. The number of hydrogen-bond acceptors (Lipinski definition) is 4. The SMILES string of the molecule is CCCC(OC)C(NN)c1cc(C)c(OC)cc1C. The lowest BCUT2D eigenvalue weighted by Crippen LogP contribution is -2.38. The third-order valence-corrected chi connectivity index (χ3v) is 3.55. The van der Waals surface area contributed by atoms with Crippen LogP contribution in [0.1, 0.15) is 42.5 Å². The highest BCUT2D eigenvalue weighted by molar-refractivity contribution is 5.43. The summed E-state index contributed by atoms with van der Waals surface area (Å²) in [6.45, 7) is 6.25. The van der Waals surface area contributed by atoms with Crippen molar-refractivity contribution in [3.8, 4) is 5.75 Å². The van der Waals surface area contributed by atoms with Gasteiger partial charge in [0.1, 0.15) is 5.75 Å². The Morgan fingerprint density at radius 1 is 1.21 bits per heavy atom. The summed E-state index contributed by atoms with van der Waals surface area (Å²) in [5.74, 6) is 6.64. The van der Waals surface area contributed by atoms with E-state index in [0.29, 0.717) is 0 Å². The second kappa shape index (κ2) is 7.48. The minimum atomic E-state index is -0.00504. The van der Waals surface area contributed by atoms with Crippen LogP contribution in [0.25, 0.3) is 0 Å². The lowest BCUT2D eigenvalue weighted by atomic mass is 9.93. The normalized spacial score (nSPS) is 14.2. The highest BCUT2D eigenvalue weighted by atomic mass is 16.5. The fourth-order valence-electron chi connectivity index (χ4n) is 2.47. The summed E-state index contributed by atoms with van der Waals surface area (Å²) in [6.07, 6.45) is 2.10. The van der Waals surface area contributed by atoms with Crippen LogP contribution in [0.3, 0.4) is 0 Å². The first kappa shape index (κ1) is 16.0. The van der Waals surface area contributed by atoms with E-state index in [0.717, 1.165) is 29.7 Å². The van der Waals surface area contributed by atoms with Gasteiger partial charge in [-0.3, -0.25) is 11.3 Å². The van der Waals surface area contributed by atoms with Crippen molar-refractivity contribution in [2.75, 3.05) is 14.2 Å². The van der Waals surface area contributed by atoms with Crippen LogP contribution in [0.15, 0.2) is 12.1 Å². The highest BCUT2D eigenvalue weighted by Gasteiger charge is 2.23. The van der Waals surface area contributed by atoms with Crippen LogP contribution in [0.5, 0.6) is 5.75 Å². The molecule has 0 amide bonds. The van der Waals surface area contributed by atoms with Gasteiger partial charge in [0, 0.05) is 7.11 Å². The molecule has 1 aromatic rings. The molecular formula is C15H26N2O2. The Balaban J connectivity index is 3.13. The highest BCUT2D eigenvalue weighted by Crippen LogP contribution is 2.29. The van der Waals surface area contributed by atoms with Crippen LogP contribution in [0, 0.1) is 13.8 Å². The maximum atomic E-state index is 5.74. The predicted octanol–water partition coefficient (Wildman–Crippen LogP) is 2.63. The van der Waals surface area contributed by atoms with Crippen LogP contribution in [-0.2, 0) is 4.74 Å². The Kier molecular flexibility index (Phi) is 6.28. The Bertz CT molecular complexity index is 407. The molecule has 2 atom stereocenters. The molecule has 0 heterocycles. The number of methoxy groups -OCH3 is 2. The van der Waals surface area contributed by atoms with E-state index in [1.807, 2.05) is 13.0 Å². The number of hydrogen-bond donors (Lipinski definition) is 2. The third kappa shape index (κ3) is 3.69. The van der Waals surface area contributed by atoms with Gasteiger partial charge in [-0.15, -0.1) is 0 Å². The zero-order valence-corrected chi connectivity index (χ0v) is 12.6. The molecule has 1 rings (SSSR count). The molecule has 108 valence electrons. The van der Waals surface area contributed by atoms with Crippen molar-refractivity contribution in [1.82, 2.24) is 5.43 Å². The van der Waals surface area contributed by atoms with Crippen LogP contribution in [-0.4, -0.2) is 20.3 Å². The number of ether oxygens (including phenoxy) is 2. The van der Waals surface area contributed by atoms with Crippen LogP contribution in [0.4, 0.5) is 0 Å². The zero-order valence-electron chi connectivity index (χ0n) is 12.6. The van der Waals surface area contributed by atoms with Gasteiger partial charge in [-0.25, -0.2) is 0 Å². The molecule has 0 aliphatic rings.